The number of carbonyl (C=O) groups excluding carboxylic acids is 2. The number of aliphatic hydroxyl groups is 2. The highest BCUT2D eigenvalue weighted by atomic mass is 16.5. The number of amides is 1. The second-order valence-electron chi connectivity index (χ2n) is 15.9. The SMILES string of the molecule is CC/C=C/C=C/C=C\CCCCCCCC(=O)OC(CCCCCCC/C=C/C=C/C=C/CC)CC(=O)NC(CO)C(O)CCCCCCCCCCCCCC. The molecule has 6 heteroatoms. The van der Waals surface area contributed by atoms with Gasteiger partial charge >= 0.3 is 5.97 Å². The first-order valence-corrected chi connectivity index (χ1v) is 23.7. The monoisotopic (exact) mass is 796 g/mol. The van der Waals surface area contributed by atoms with Gasteiger partial charge in [0.05, 0.1) is 25.2 Å². The second kappa shape index (κ2) is 44.4. The Balaban J connectivity index is 4.66. The van der Waals surface area contributed by atoms with Crippen molar-refractivity contribution in [3.63, 3.8) is 0 Å². The zero-order valence-electron chi connectivity index (χ0n) is 37.2. The Morgan fingerprint density at radius 3 is 1.42 bits per heavy atom. The maximum Gasteiger partial charge on any atom is 0.306 e. The van der Waals surface area contributed by atoms with Gasteiger partial charge in [-0.15, -0.1) is 0 Å². The highest BCUT2D eigenvalue weighted by Crippen LogP contribution is 2.17. The molecule has 3 N–H and O–H groups in total. The molecule has 57 heavy (non-hydrogen) atoms. The largest absolute Gasteiger partial charge is 0.462 e. The lowest BCUT2D eigenvalue weighted by Gasteiger charge is -2.24. The van der Waals surface area contributed by atoms with Crippen molar-refractivity contribution in [1.82, 2.24) is 5.32 Å². The molecule has 3 atom stereocenters. The molecule has 0 radical (unpaired) electrons. The summed E-state index contributed by atoms with van der Waals surface area (Å²) in [6.45, 7) is 6.19. The molecule has 6 nitrogen and oxygen atoms in total. The summed E-state index contributed by atoms with van der Waals surface area (Å²) < 4.78 is 5.89. The van der Waals surface area contributed by atoms with Crippen LogP contribution in [0.15, 0.2) is 72.9 Å². The molecule has 0 aliphatic carbocycles. The van der Waals surface area contributed by atoms with Gasteiger partial charge < -0.3 is 20.3 Å². The number of aliphatic hydroxyl groups excluding tert-OH is 2. The molecule has 0 heterocycles. The molecule has 0 aliphatic rings. The van der Waals surface area contributed by atoms with Gasteiger partial charge in [0.2, 0.25) is 5.91 Å². The molecule has 3 unspecified atom stereocenters. The Hall–Kier alpha value is -2.70. The van der Waals surface area contributed by atoms with Gasteiger partial charge in [-0.05, 0) is 64.2 Å². The van der Waals surface area contributed by atoms with E-state index in [4.69, 9.17) is 4.74 Å². The van der Waals surface area contributed by atoms with Crippen LogP contribution < -0.4 is 5.32 Å². The smallest absolute Gasteiger partial charge is 0.306 e. The van der Waals surface area contributed by atoms with Crippen LogP contribution in [0.5, 0.6) is 0 Å². The average molecular weight is 796 g/mol. The van der Waals surface area contributed by atoms with Crippen LogP contribution in [0.1, 0.15) is 213 Å². The van der Waals surface area contributed by atoms with E-state index in [1.807, 2.05) is 0 Å². The number of esters is 1. The summed E-state index contributed by atoms with van der Waals surface area (Å²) in [6.07, 6.45) is 55.3. The first-order valence-electron chi connectivity index (χ1n) is 23.7. The summed E-state index contributed by atoms with van der Waals surface area (Å²) in [7, 11) is 0. The van der Waals surface area contributed by atoms with Crippen molar-refractivity contribution in [2.75, 3.05) is 6.61 Å². The van der Waals surface area contributed by atoms with E-state index in [0.717, 1.165) is 109 Å². The summed E-state index contributed by atoms with van der Waals surface area (Å²) in [5.41, 5.74) is 0. The zero-order chi connectivity index (χ0) is 41.7. The van der Waals surface area contributed by atoms with Crippen molar-refractivity contribution in [3.05, 3.63) is 72.9 Å². The van der Waals surface area contributed by atoms with E-state index in [9.17, 15) is 19.8 Å². The summed E-state index contributed by atoms with van der Waals surface area (Å²) in [4.78, 5) is 26.0. The van der Waals surface area contributed by atoms with Crippen LogP contribution in [-0.2, 0) is 14.3 Å². The van der Waals surface area contributed by atoms with E-state index < -0.39 is 18.2 Å². The molecule has 0 bridgehead atoms. The van der Waals surface area contributed by atoms with Gasteiger partial charge in [0.15, 0.2) is 0 Å². The molecule has 1 amide bonds. The van der Waals surface area contributed by atoms with Crippen LogP contribution in [0.25, 0.3) is 0 Å². The van der Waals surface area contributed by atoms with Crippen molar-refractivity contribution in [2.24, 2.45) is 0 Å². The summed E-state index contributed by atoms with van der Waals surface area (Å²) in [5.74, 6) is -0.523. The van der Waals surface area contributed by atoms with Gasteiger partial charge in [0.1, 0.15) is 6.10 Å². The number of carbonyl (C=O) groups is 2. The van der Waals surface area contributed by atoms with E-state index in [-0.39, 0.29) is 24.9 Å². The van der Waals surface area contributed by atoms with Gasteiger partial charge in [-0.25, -0.2) is 0 Å². The first-order chi connectivity index (χ1) is 28.0. The number of unbranched alkanes of at least 4 members (excludes halogenated alkanes) is 21. The number of hydrogen-bond donors (Lipinski definition) is 3. The highest BCUT2D eigenvalue weighted by molar-refractivity contribution is 5.77. The standard InChI is InChI=1S/C51H89NO5/c1-4-7-10-13-16-19-22-25-27-30-33-36-39-42-47(57-51(56)44-41-38-35-32-29-26-23-20-17-14-11-8-5-2)45-50(55)52-48(46-53)49(54)43-40-37-34-31-28-24-21-18-15-12-9-6-3/h7-8,10-11,13-14,16-17,19-20,22-23,47-49,53-54H,4-6,9,12,15,18,21,24-46H2,1-3H3,(H,52,55)/b10-7+,11-8+,16-13+,17-14+,22-19+,23-20-. The first kappa shape index (κ1) is 54.3. The third kappa shape index (κ3) is 39.9. The molecule has 0 fully saturated rings. The van der Waals surface area contributed by atoms with Crippen LogP contribution in [-0.4, -0.2) is 46.9 Å². The molecular formula is C51H89NO5. The fourth-order valence-corrected chi connectivity index (χ4v) is 6.84. The Bertz CT molecular complexity index is 1070. The van der Waals surface area contributed by atoms with Crippen LogP contribution in [0.3, 0.4) is 0 Å². The third-order valence-electron chi connectivity index (χ3n) is 10.4. The predicted molar refractivity (Wildman–Crippen MR) is 245 cm³/mol. The third-order valence-corrected chi connectivity index (χ3v) is 10.4. The summed E-state index contributed by atoms with van der Waals surface area (Å²) in [5, 5.41) is 23.7. The molecule has 328 valence electrons. The minimum atomic E-state index is -0.798. The number of nitrogens with one attached hydrogen (secondary N) is 1. The van der Waals surface area contributed by atoms with E-state index in [2.05, 4.69) is 99.0 Å². The van der Waals surface area contributed by atoms with Crippen LogP contribution >= 0.6 is 0 Å². The van der Waals surface area contributed by atoms with E-state index in [1.165, 1.54) is 57.8 Å². The summed E-state index contributed by atoms with van der Waals surface area (Å²) >= 11 is 0. The maximum atomic E-state index is 13.2. The molecule has 0 aromatic carbocycles. The molecular weight excluding hydrogens is 707 g/mol. The van der Waals surface area contributed by atoms with Crippen LogP contribution in [0, 0.1) is 0 Å². The number of ether oxygens (including phenoxy) is 1. The molecule has 0 aromatic heterocycles. The Kier molecular flexibility index (Phi) is 42.3. The Labute approximate surface area is 351 Å². The molecule has 0 saturated carbocycles. The van der Waals surface area contributed by atoms with Gasteiger partial charge in [-0.3, -0.25) is 9.59 Å². The lowest BCUT2D eigenvalue weighted by Crippen LogP contribution is -2.46. The lowest BCUT2D eigenvalue weighted by molar-refractivity contribution is -0.151. The Morgan fingerprint density at radius 1 is 0.526 bits per heavy atom. The van der Waals surface area contributed by atoms with Crippen molar-refractivity contribution < 1.29 is 24.5 Å². The predicted octanol–water partition coefficient (Wildman–Crippen LogP) is 13.8. The molecule has 0 saturated heterocycles. The quantitative estimate of drug-likeness (QED) is 0.0325. The van der Waals surface area contributed by atoms with Gasteiger partial charge in [-0.1, -0.05) is 209 Å². The summed E-state index contributed by atoms with van der Waals surface area (Å²) in [6, 6.07) is -0.714. The molecule has 0 aromatic rings. The lowest BCUT2D eigenvalue weighted by atomic mass is 10.0. The highest BCUT2D eigenvalue weighted by Gasteiger charge is 2.24. The van der Waals surface area contributed by atoms with E-state index in [1.54, 1.807) is 0 Å². The van der Waals surface area contributed by atoms with Gasteiger partial charge in [0.25, 0.3) is 0 Å². The molecule has 0 rings (SSSR count). The zero-order valence-corrected chi connectivity index (χ0v) is 37.2. The number of allylic oxidation sites excluding steroid dienone is 12. The van der Waals surface area contributed by atoms with Crippen molar-refractivity contribution in [1.29, 1.82) is 0 Å². The minimum absolute atomic E-state index is 0.0525. The van der Waals surface area contributed by atoms with Gasteiger partial charge in [-0.2, -0.15) is 0 Å². The van der Waals surface area contributed by atoms with Crippen molar-refractivity contribution in [3.8, 4) is 0 Å². The van der Waals surface area contributed by atoms with E-state index >= 15 is 0 Å². The topological polar surface area (TPSA) is 95.9 Å². The maximum absolute atomic E-state index is 13.2. The molecule has 0 aliphatic heterocycles. The van der Waals surface area contributed by atoms with Crippen molar-refractivity contribution in [2.45, 2.75) is 232 Å². The number of rotatable bonds is 41. The van der Waals surface area contributed by atoms with Crippen LogP contribution in [0.4, 0.5) is 0 Å². The normalized spacial score (nSPS) is 14.0. The minimum Gasteiger partial charge on any atom is -0.462 e. The second-order valence-corrected chi connectivity index (χ2v) is 15.9. The Morgan fingerprint density at radius 2 is 0.947 bits per heavy atom. The van der Waals surface area contributed by atoms with Crippen molar-refractivity contribution >= 4 is 11.9 Å². The average Bonchev–Trinajstić information content (AvgIpc) is 3.20. The van der Waals surface area contributed by atoms with Crippen LogP contribution in [0.2, 0.25) is 0 Å². The fraction of sp³-hybridized carbons (Fsp3) is 0.725. The van der Waals surface area contributed by atoms with E-state index in [0.29, 0.717) is 19.3 Å². The molecule has 0 spiro atoms. The fourth-order valence-electron chi connectivity index (χ4n) is 6.84. The number of hydrogen-bond acceptors (Lipinski definition) is 5. The van der Waals surface area contributed by atoms with Gasteiger partial charge in [0, 0.05) is 6.42 Å².